The monoisotopic (exact) mass is 258 g/mol. The summed E-state index contributed by atoms with van der Waals surface area (Å²) in [6, 6.07) is 10.7. The molecule has 2 aliphatic rings. The normalized spacial score (nSPS) is 26.8. The van der Waals surface area contributed by atoms with Crippen LogP contribution in [0.2, 0.25) is 0 Å². The molecule has 102 valence electrons. The number of nitrogens with zero attached hydrogens (tertiary/aromatic N) is 1. The highest BCUT2D eigenvalue weighted by molar-refractivity contribution is 5.78. The van der Waals surface area contributed by atoms with Crippen molar-refractivity contribution in [3.05, 3.63) is 35.9 Å². The zero-order valence-corrected chi connectivity index (χ0v) is 11.3. The fourth-order valence-corrected chi connectivity index (χ4v) is 3.35. The van der Waals surface area contributed by atoms with Crippen molar-refractivity contribution in [3.8, 4) is 0 Å². The standard InChI is InChI=1S/C16H22N2O/c19-16(11-13-5-2-1-3-6-13)18-10-8-15-14(12-18)7-4-9-17-15/h1-3,5-6,14-15,17H,4,7-12H2/t14-,15+/m0/s1. The van der Waals surface area contributed by atoms with Gasteiger partial charge in [-0.1, -0.05) is 30.3 Å². The van der Waals surface area contributed by atoms with Gasteiger partial charge in [-0.05, 0) is 37.3 Å². The van der Waals surface area contributed by atoms with E-state index in [1.165, 1.54) is 12.8 Å². The maximum atomic E-state index is 12.3. The van der Waals surface area contributed by atoms with Gasteiger partial charge in [0.1, 0.15) is 0 Å². The van der Waals surface area contributed by atoms with Crippen molar-refractivity contribution >= 4 is 5.91 Å². The molecule has 0 aromatic heterocycles. The van der Waals surface area contributed by atoms with Gasteiger partial charge in [-0.3, -0.25) is 4.79 Å². The van der Waals surface area contributed by atoms with Crippen molar-refractivity contribution < 1.29 is 4.79 Å². The van der Waals surface area contributed by atoms with Crippen LogP contribution in [0.5, 0.6) is 0 Å². The molecule has 1 N–H and O–H groups in total. The van der Waals surface area contributed by atoms with E-state index in [9.17, 15) is 4.79 Å². The summed E-state index contributed by atoms with van der Waals surface area (Å²) in [6.07, 6.45) is 4.19. The second kappa shape index (κ2) is 5.74. The molecule has 0 saturated carbocycles. The van der Waals surface area contributed by atoms with Gasteiger partial charge in [0.25, 0.3) is 0 Å². The van der Waals surface area contributed by atoms with Gasteiger partial charge in [-0.15, -0.1) is 0 Å². The van der Waals surface area contributed by atoms with Crippen LogP contribution in [0.25, 0.3) is 0 Å². The molecular weight excluding hydrogens is 236 g/mol. The lowest BCUT2D eigenvalue weighted by Gasteiger charge is -2.41. The van der Waals surface area contributed by atoms with Gasteiger partial charge in [0.05, 0.1) is 6.42 Å². The second-order valence-corrected chi connectivity index (χ2v) is 5.75. The molecule has 2 atom stereocenters. The molecule has 2 fully saturated rings. The molecule has 3 nitrogen and oxygen atoms in total. The van der Waals surface area contributed by atoms with Gasteiger partial charge in [0.2, 0.25) is 5.91 Å². The average Bonchev–Trinajstić information content (AvgIpc) is 2.48. The number of likely N-dealkylation sites (tertiary alicyclic amines) is 1. The molecule has 2 saturated heterocycles. The summed E-state index contributed by atoms with van der Waals surface area (Å²) >= 11 is 0. The highest BCUT2D eigenvalue weighted by atomic mass is 16.2. The first-order valence-electron chi connectivity index (χ1n) is 7.38. The first-order valence-corrected chi connectivity index (χ1v) is 7.38. The first kappa shape index (κ1) is 12.7. The van der Waals surface area contributed by atoms with Crippen molar-refractivity contribution in [2.45, 2.75) is 31.7 Å². The van der Waals surface area contributed by atoms with Crippen molar-refractivity contribution in [1.82, 2.24) is 10.2 Å². The molecule has 0 spiro atoms. The van der Waals surface area contributed by atoms with E-state index in [0.29, 0.717) is 18.4 Å². The van der Waals surface area contributed by atoms with Gasteiger partial charge in [0.15, 0.2) is 0 Å². The highest BCUT2D eigenvalue weighted by Gasteiger charge is 2.32. The SMILES string of the molecule is O=C(Cc1ccccc1)N1CC[C@H]2NCCC[C@H]2C1. The zero-order chi connectivity index (χ0) is 13.1. The van der Waals surface area contributed by atoms with Crippen LogP contribution in [-0.2, 0) is 11.2 Å². The van der Waals surface area contributed by atoms with E-state index in [1.807, 2.05) is 30.3 Å². The minimum Gasteiger partial charge on any atom is -0.342 e. The molecule has 19 heavy (non-hydrogen) atoms. The summed E-state index contributed by atoms with van der Waals surface area (Å²) in [4.78, 5) is 14.4. The fourth-order valence-electron chi connectivity index (χ4n) is 3.35. The summed E-state index contributed by atoms with van der Waals surface area (Å²) in [6.45, 7) is 3.02. The summed E-state index contributed by atoms with van der Waals surface area (Å²) < 4.78 is 0. The molecule has 3 heteroatoms. The van der Waals surface area contributed by atoms with E-state index in [2.05, 4.69) is 10.2 Å². The van der Waals surface area contributed by atoms with Gasteiger partial charge >= 0.3 is 0 Å². The molecule has 2 heterocycles. The van der Waals surface area contributed by atoms with E-state index in [1.54, 1.807) is 0 Å². The lowest BCUT2D eigenvalue weighted by molar-refractivity contribution is -0.132. The number of amides is 1. The van der Waals surface area contributed by atoms with Crippen LogP contribution in [0.3, 0.4) is 0 Å². The Balaban J connectivity index is 1.59. The van der Waals surface area contributed by atoms with Crippen LogP contribution in [-0.4, -0.2) is 36.5 Å². The number of hydrogen-bond acceptors (Lipinski definition) is 2. The van der Waals surface area contributed by atoms with Crippen molar-refractivity contribution in [1.29, 1.82) is 0 Å². The Bertz CT molecular complexity index is 432. The van der Waals surface area contributed by atoms with Crippen LogP contribution in [0, 0.1) is 5.92 Å². The third-order valence-electron chi connectivity index (χ3n) is 4.44. The number of fused-ring (bicyclic) bond motifs is 1. The van der Waals surface area contributed by atoms with E-state index in [-0.39, 0.29) is 5.91 Å². The third-order valence-corrected chi connectivity index (χ3v) is 4.44. The van der Waals surface area contributed by atoms with Crippen molar-refractivity contribution in [2.75, 3.05) is 19.6 Å². The first-order chi connectivity index (χ1) is 9.33. The predicted molar refractivity (Wildman–Crippen MR) is 75.9 cm³/mol. The van der Waals surface area contributed by atoms with Gasteiger partial charge in [-0.25, -0.2) is 0 Å². The number of rotatable bonds is 2. The molecule has 0 bridgehead atoms. The molecule has 1 aromatic carbocycles. The van der Waals surface area contributed by atoms with Crippen LogP contribution in [0.1, 0.15) is 24.8 Å². The average molecular weight is 258 g/mol. The van der Waals surface area contributed by atoms with Crippen molar-refractivity contribution in [3.63, 3.8) is 0 Å². The number of piperidine rings is 2. The van der Waals surface area contributed by atoms with Crippen LogP contribution in [0.15, 0.2) is 30.3 Å². The van der Waals surface area contributed by atoms with E-state index >= 15 is 0 Å². The third kappa shape index (κ3) is 2.98. The largest absolute Gasteiger partial charge is 0.342 e. The fraction of sp³-hybridized carbons (Fsp3) is 0.562. The number of hydrogen-bond donors (Lipinski definition) is 1. The maximum Gasteiger partial charge on any atom is 0.227 e. The van der Waals surface area contributed by atoms with Crippen LogP contribution in [0.4, 0.5) is 0 Å². The Hall–Kier alpha value is -1.35. The van der Waals surface area contributed by atoms with E-state index in [0.717, 1.165) is 31.6 Å². The predicted octanol–water partition coefficient (Wildman–Crippen LogP) is 1.83. The maximum absolute atomic E-state index is 12.3. The summed E-state index contributed by atoms with van der Waals surface area (Å²) in [5.41, 5.74) is 1.12. The molecule has 1 aromatic rings. The van der Waals surface area contributed by atoms with E-state index in [4.69, 9.17) is 0 Å². The zero-order valence-electron chi connectivity index (χ0n) is 11.3. The lowest BCUT2D eigenvalue weighted by Crippen LogP contribution is -2.53. The van der Waals surface area contributed by atoms with Crippen LogP contribution >= 0.6 is 0 Å². The number of carbonyl (C=O) groups is 1. The number of carbonyl (C=O) groups excluding carboxylic acids is 1. The van der Waals surface area contributed by atoms with Crippen LogP contribution < -0.4 is 5.32 Å². The van der Waals surface area contributed by atoms with Gasteiger partial charge < -0.3 is 10.2 Å². The van der Waals surface area contributed by atoms with Crippen molar-refractivity contribution in [2.24, 2.45) is 5.92 Å². The molecule has 2 aliphatic heterocycles. The number of benzene rings is 1. The lowest BCUT2D eigenvalue weighted by atomic mass is 9.85. The Morgan fingerprint density at radius 2 is 2.11 bits per heavy atom. The second-order valence-electron chi connectivity index (χ2n) is 5.75. The highest BCUT2D eigenvalue weighted by Crippen LogP contribution is 2.25. The molecule has 0 unspecified atom stereocenters. The van der Waals surface area contributed by atoms with Gasteiger partial charge in [0, 0.05) is 19.1 Å². The molecule has 3 rings (SSSR count). The Morgan fingerprint density at radius 3 is 2.95 bits per heavy atom. The Labute approximate surface area is 115 Å². The summed E-state index contributed by atoms with van der Waals surface area (Å²) in [5.74, 6) is 0.956. The molecule has 1 amide bonds. The molecule has 0 aliphatic carbocycles. The Kier molecular flexibility index (Phi) is 3.83. The topological polar surface area (TPSA) is 32.3 Å². The summed E-state index contributed by atoms with van der Waals surface area (Å²) in [5, 5.41) is 3.59. The minimum absolute atomic E-state index is 0.287. The molecular formula is C16H22N2O. The van der Waals surface area contributed by atoms with Gasteiger partial charge in [-0.2, -0.15) is 0 Å². The smallest absolute Gasteiger partial charge is 0.227 e. The quantitative estimate of drug-likeness (QED) is 0.877. The van der Waals surface area contributed by atoms with E-state index < -0.39 is 0 Å². The number of nitrogens with one attached hydrogen (secondary N) is 1. The summed E-state index contributed by atoms with van der Waals surface area (Å²) in [7, 11) is 0. The molecule has 0 radical (unpaired) electrons. The Morgan fingerprint density at radius 1 is 1.26 bits per heavy atom. The minimum atomic E-state index is 0.287.